The zero-order valence-electron chi connectivity index (χ0n) is 13.2. The molecule has 1 aromatic carbocycles. The molecule has 0 unspecified atom stereocenters. The standard InChI is InChI=1S/C19H18N2O2/c1-3-21(4-2)14-9-7-13(8-10-14)16-12-17(22)18-15(19(16)23)6-5-11-20-18/h5-12H,3-4H2,1-2H3. The van der Waals surface area contributed by atoms with Crippen LogP contribution in [0.2, 0.25) is 0 Å². The number of pyridine rings is 1. The van der Waals surface area contributed by atoms with E-state index in [1.807, 2.05) is 24.3 Å². The van der Waals surface area contributed by atoms with Crippen molar-refractivity contribution in [2.45, 2.75) is 13.8 Å². The molecule has 4 nitrogen and oxygen atoms in total. The van der Waals surface area contributed by atoms with Crippen LogP contribution in [0.3, 0.4) is 0 Å². The lowest BCUT2D eigenvalue weighted by molar-refractivity contribution is 0.0997. The number of fused-ring (bicyclic) bond motifs is 1. The molecule has 2 aromatic rings. The highest BCUT2D eigenvalue weighted by Crippen LogP contribution is 2.28. The zero-order chi connectivity index (χ0) is 16.4. The molecule has 0 fully saturated rings. The van der Waals surface area contributed by atoms with Crippen LogP contribution in [0.25, 0.3) is 5.57 Å². The second kappa shape index (κ2) is 6.16. The van der Waals surface area contributed by atoms with E-state index in [4.69, 9.17) is 0 Å². The van der Waals surface area contributed by atoms with Gasteiger partial charge in [-0.15, -0.1) is 0 Å². The first kappa shape index (κ1) is 15.2. The Hall–Kier alpha value is -2.75. The van der Waals surface area contributed by atoms with E-state index in [9.17, 15) is 9.59 Å². The summed E-state index contributed by atoms with van der Waals surface area (Å²) in [6.07, 6.45) is 2.92. The molecule has 0 bridgehead atoms. The van der Waals surface area contributed by atoms with Crippen molar-refractivity contribution >= 4 is 22.8 Å². The van der Waals surface area contributed by atoms with Crippen molar-refractivity contribution in [3.8, 4) is 0 Å². The van der Waals surface area contributed by atoms with Crippen molar-refractivity contribution in [2.24, 2.45) is 0 Å². The number of carbonyl (C=O) groups is 2. The van der Waals surface area contributed by atoms with Gasteiger partial charge >= 0.3 is 0 Å². The van der Waals surface area contributed by atoms with Crippen LogP contribution in [0.5, 0.6) is 0 Å². The summed E-state index contributed by atoms with van der Waals surface area (Å²) in [7, 11) is 0. The molecule has 1 aliphatic carbocycles. The van der Waals surface area contributed by atoms with Gasteiger partial charge in [-0.25, -0.2) is 0 Å². The van der Waals surface area contributed by atoms with E-state index in [0.717, 1.165) is 24.3 Å². The maximum Gasteiger partial charge on any atom is 0.205 e. The van der Waals surface area contributed by atoms with E-state index in [-0.39, 0.29) is 17.3 Å². The lowest BCUT2D eigenvalue weighted by atomic mass is 9.89. The summed E-state index contributed by atoms with van der Waals surface area (Å²) in [5.74, 6) is -0.369. The molecule has 23 heavy (non-hydrogen) atoms. The van der Waals surface area contributed by atoms with E-state index in [1.54, 1.807) is 12.1 Å². The molecule has 0 atom stereocenters. The topological polar surface area (TPSA) is 50.3 Å². The highest BCUT2D eigenvalue weighted by molar-refractivity contribution is 6.38. The number of rotatable bonds is 4. The van der Waals surface area contributed by atoms with Gasteiger partial charge in [-0.2, -0.15) is 0 Å². The third-order valence-electron chi connectivity index (χ3n) is 4.11. The molecule has 0 aliphatic heterocycles. The number of hydrogen-bond acceptors (Lipinski definition) is 4. The number of ketones is 2. The lowest BCUT2D eigenvalue weighted by Gasteiger charge is -2.21. The molecule has 0 N–H and O–H groups in total. The van der Waals surface area contributed by atoms with Gasteiger partial charge in [-0.3, -0.25) is 14.6 Å². The van der Waals surface area contributed by atoms with Crippen molar-refractivity contribution in [3.05, 3.63) is 65.5 Å². The summed E-state index contributed by atoms with van der Waals surface area (Å²) in [5, 5.41) is 0. The zero-order valence-corrected chi connectivity index (χ0v) is 13.2. The summed E-state index contributed by atoms with van der Waals surface area (Å²) in [6, 6.07) is 11.1. The van der Waals surface area contributed by atoms with Gasteiger partial charge in [-0.1, -0.05) is 12.1 Å². The number of benzene rings is 1. The van der Waals surface area contributed by atoms with Gasteiger partial charge in [0.1, 0.15) is 5.69 Å². The molecule has 0 saturated heterocycles. The minimum absolute atomic E-state index is 0.150. The smallest absolute Gasteiger partial charge is 0.205 e. The van der Waals surface area contributed by atoms with Gasteiger partial charge < -0.3 is 4.90 Å². The maximum absolute atomic E-state index is 12.6. The van der Waals surface area contributed by atoms with Crippen molar-refractivity contribution < 1.29 is 9.59 Å². The maximum atomic E-state index is 12.6. The molecular formula is C19H18N2O2. The lowest BCUT2D eigenvalue weighted by Crippen LogP contribution is -2.21. The fourth-order valence-corrected chi connectivity index (χ4v) is 2.85. The predicted molar refractivity (Wildman–Crippen MR) is 90.9 cm³/mol. The van der Waals surface area contributed by atoms with E-state index >= 15 is 0 Å². The third-order valence-corrected chi connectivity index (χ3v) is 4.11. The Labute approximate surface area is 135 Å². The van der Waals surface area contributed by atoms with E-state index < -0.39 is 0 Å². The minimum atomic E-state index is -0.219. The van der Waals surface area contributed by atoms with E-state index in [1.165, 1.54) is 12.3 Å². The molecule has 1 aromatic heterocycles. The molecule has 0 saturated carbocycles. The Bertz CT molecular complexity index is 787. The molecule has 1 heterocycles. The summed E-state index contributed by atoms with van der Waals surface area (Å²) in [5.41, 5.74) is 2.91. The van der Waals surface area contributed by atoms with Crippen molar-refractivity contribution in [3.63, 3.8) is 0 Å². The van der Waals surface area contributed by atoms with Crippen molar-refractivity contribution in [1.29, 1.82) is 0 Å². The number of nitrogens with zero attached hydrogens (tertiary/aromatic N) is 2. The SMILES string of the molecule is CCN(CC)c1ccc(C2=CC(=O)c3ncccc3C2=O)cc1. The average molecular weight is 306 g/mol. The van der Waals surface area contributed by atoms with Crippen LogP contribution in [0.4, 0.5) is 5.69 Å². The molecular weight excluding hydrogens is 288 g/mol. The monoisotopic (exact) mass is 306 g/mol. The van der Waals surface area contributed by atoms with Gasteiger partial charge in [0.15, 0.2) is 5.78 Å². The first-order valence-electron chi connectivity index (χ1n) is 7.76. The van der Waals surface area contributed by atoms with Crippen LogP contribution in [0.1, 0.15) is 40.3 Å². The predicted octanol–water partition coefficient (Wildman–Crippen LogP) is 3.39. The van der Waals surface area contributed by atoms with Crippen molar-refractivity contribution in [1.82, 2.24) is 4.98 Å². The first-order valence-corrected chi connectivity index (χ1v) is 7.76. The number of hydrogen-bond donors (Lipinski definition) is 0. The number of anilines is 1. The third kappa shape index (κ3) is 2.68. The van der Waals surface area contributed by atoms with E-state index in [2.05, 4.69) is 23.7 Å². The fourth-order valence-electron chi connectivity index (χ4n) is 2.85. The fraction of sp³-hybridized carbons (Fsp3) is 0.211. The Morgan fingerprint density at radius 1 is 1.00 bits per heavy atom. The molecule has 3 rings (SSSR count). The second-order valence-corrected chi connectivity index (χ2v) is 5.37. The van der Waals surface area contributed by atoms with Crippen LogP contribution in [0.15, 0.2) is 48.7 Å². The minimum Gasteiger partial charge on any atom is -0.372 e. The number of carbonyl (C=O) groups excluding carboxylic acids is 2. The van der Waals surface area contributed by atoms with Gasteiger partial charge in [0.2, 0.25) is 5.78 Å². The summed E-state index contributed by atoms with van der Waals surface area (Å²) in [6.45, 7) is 6.06. The summed E-state index contributed by atoms with van der Waals surface area (Å²) >= 11 is 0. The molecule has 0 spiro atoms. The molecule has 0 amide bonds. The van der Waals surface area contributed by atoms with Gasteiger partial charge in [-0.05, 0) is 49.8 Å². The van der Waals surface area contributed by atoms with Crippen LogP contribution in [0, 0.1) is 0 Å². The largest absolute Gasteiger partial charge is 0.372 e. The normalized spacial score (nSPS) is 13.6. The summed E-state index contributed by atoms with van der Waals surface area (Å²) in [4.78, 5) is 31.1. The highest BCUT2D eigenvalue weighted by atomic mass is 16.1. The molecule has 4 heteroatoms. The second-order valence-electron chi connectivity index (χ2n) is 5.37. The van der Waals surface area contributed by atoms with Crippen LogP contribution < -0.4 is 4.90 Å². The van der Waals surface area contributed by atoms with E-state index in [0.29, 0.717) is 11.1 Å². The first-order chi connectivity index (χ1) is 11.2. The number of aromatic nitrogens is 1. The van der Waals surface area contributed by atoms with Crippen LogP contribution in [-0.2, 0) is 0 Å². The Kier molecular flexibility index (Phi) is 4.06. The Morgan fingerprint density at radius 2 is 1.70 bits per heavy atom. The molecule has 1 aliphatic rings. The average Bonchev–Trinajstić information content (AvgIpc) is 2.60. The van der Waals surface area contributed by atoms with Crippen LogP contribution in [-0.4, -0.2) is 29.6 Å². The van der Waals surface area contributed by atoms with Gasteiger partial charge in [0, 0.05) is 30.5 Å². The Balaban J connectivity index is 1.97. The Morgan fingerprint density at radius 3 is 2.35 bits per heavy atom. The van der Waals surface area contributed by atoms with Gasteiger partial charge in [0.25, 0.3) is 0 Å². The molecule has 0 radical (unpaired) electrons. The summed E-state index contributed by atoms with van der Waals surface area (Å²) < 4.78 is 0. The van der Waals surface area contributed by atoms with Gasteiger partial charge in [0.05, 0.1) is 5.56 Å². The molecule has 116 valence electrons. The van der Waals surface area contributed by atoms with Crippen molar-refractivity contribution in [2.75, 3.05) is 18.0 Å². The highest BCUT2D eigenvalue weighted by Gasteiger charge is 2.27. The van der Waals surface area contributed by atoms with Crippen LogP contribution >= 0.6 is 0 Å². The quantitative estimate of drug-likeness (QED) is 0.869. The number of Topliss-reactive ketones (excluding diaryl/α,β-unsaturated/α-hetero) is 1. The number of allylic oxidation sites excluding steroid dienone is 2.